The lowest BCUT2D eigenvalue weighted by Gasteiger charge is -2.24. The van der Waals surface area contributed by atoms with Crippen molar-refractivity contribution in [3.8, 4) is 17.0 Å². The maximum Gasteiger partial charge on any atom is 0.410 e. The molecule has 1 aromatic heterocycles. The number of rotatable bonds is 7. The number of hydrogen-bond donors (Lipinski definition) is 0. The number of carbonyl (C=O) groups is 2. The van der Waals surface area contributed by atoms with E-state index >= 15 is 0 Å². The van der Waals surface area contributed by atoms with E-state index in [9.17, 15) is 14.0 Å². The van der Waals surface area contributed by atoms with E-state index in [2.05, 4.69) is 0 Å². The monoisotopic (exact) mass is 532 g/mol. The minimum absolute atomic E-state index is 0.165. The number of carbonyl (C=O) groups excluding carboxylic acids is 2. The zero-order chi connectivity index (χ0) is 28.3. The molecule has 0 spiro atoms. The van der Waals surface area contributed by atoms with E-state index in [0.717, 1.165) is 28.1 Å². The SMILES string of the molecule is COC(=O)c1cc(F)cc2c1cc(-c1ccc(CN(C)C(=O)OC(C)(C)C)cc1)n2Cc1ccc(OC)cc1. The Labute approximate surface area is 227 Å². The first-order valence-electron chi connectivity index (χ1n) is 12.6. The normalized spacial score (nSPS) is 11.4. The molecule has 39 heavy (non-hydrogen) atoms. The first kappa shape index (κ1) is 27.7. The zero-order valence-corrected chi connectivity index (χ0v) is 23.1. The fraction of sp³-hybridized carbons (Fsp3) is 0.290. The molecule has 1 amide bonds. The molecular weight excluding hydrogens is 499 g/mol. The standard InChI is InChI=1S/C31H33FN2O5/c1-31(2,3)39-30(36)33(4)18-20-7-11-22(12-8-20)27-17-25-26(29(35)38-6)15-23(32)16-28(25)34(27)19-21-9-13-24(37-5)14-10-21/h7-17H,18-19H2,1-6H3. The van der Waals surface area contributed by atoms with Gasteiger partial charge in [0.05, 0.1) is 25.3 Å². The molecule has 0 aliphatic heterocycles. The van der Waals surface area contributed by atoms with Crippen molar-refractivity contribution in [2.75, 3.05) is 21.3 Å². The van der Waals surface area contributed by atoms with Crippen LogP contribution in [0.25, 0.3) is 22.2 Å². The number of ether oxygens (including phenoxy) is 3. The van der Waals surface area contributed by atoms with Crippen molar-refractivity contribution in [1.82, 2.24) is 9.47 Å². The van der Waals surface area contributed by atoms with Gasteiger partial charge in [0.1, 0.15) is 17.2 Å². The molecule has 0 aliphatic rings. The van der Waals surface area contributed by atoms with E-state index in [0.29, 0.717) is 24.0 Å². The number of aromatic nitrogens is 1. The Bertz CT molecular complexity index is 1480. The summed E-state index contributed by atoms with van der Waals surface area (Å²) in [7, 11) is 4.58. The molecule has 3 aromatic carbocycles. The van der Waals surface area contributed by atoms with Crippen LogP contribution in [0.15, 0.2) is 66.7 Å². The van der Waals surface area contributed by atoms with Crippen molar-refractivity contribution < 1.29 is 28.2 Å². The number of benzene rings is 3. The second kappa shape index (κ2) is 11.2. The van der Waals surface area contributed by atoms with Gasteiger partial charge in [-0.2, -0.15) is 0 Å². The van der Waals surface area contributed by atoms with E-state index in [1.165, 1.54) is 24.1 Å². The second-order valence-corrected chi connectivity index (χ2v) is 10.4. The van der Waals surface area contributed by atoms with Gasteiger partial charge in [0, 0.05) is 31.2 Å². The van der Waals surface area contributed by atoms with E-state index in [-0.39, 0.29) is 5.56 Å². The Kier molecular flexibility index (Phi) is 7.95. The average molecular weight is 533 g/mol. The summed E-state index contributed by atoms with van der Waals surface area (Å²) < 4.78 is 32.3. The highest BCUT2D eigenvalue weighted by Crippen LogP contribution is 2.33. The molecule has 4 rings (SSSR count). The number of fused-ring (bicyclic) bond motifs is 1. The van der Waals surface area contributed by atoms with Crippen LogP contribution in [0, 0.1) is 5.82 Å². The number of esters is 1. The predicted molar refractivity (Wildman–Crippen MR) is 148 cm³/mol. The Morgan fingerprint density at radius 3 is 2.15 bits per heavy atom. The third-order valence-electron chi connectivity index (χ3n) is 6.27. The predicted octanol–water partition coefficient (Wildman–Crippen LogP) is 6.66. The number of nitrogens with zero attached hydrogens (tertiary/aromatic N) is 2. The van der Waals surface area contributed by atoms with Crippen LogP contribution < -0.4 is 4.74 Å². The van der Waals surface area contributed by atoms with Crippen LogP contribution >= 0.6 is 0 Å². The van der Waals surface area contributed by atoms with Crippen LogP contribution in [0.3, 0.4) is 0 Å². The lowest BCUT2D eigenvalue weighted by atomic mass is 10.1. The topological polar surface area (TPSA) is 70.0 Å². The minimum Gasteiger partial charge on any atom is -0.497 e. The summed E-state index contributed by atoms with van der Waals surface area (Å²) in [5, 5.41) is 0.598. The lowest BCUT2D eigenvalue weighted by Crippen LogP contribution is -2.33. The third kappa shape index (κ3) is 6.39. The number of hydrogen-bond acceptors (Lipinski definition) is 5. The molecule has 4 aromatic rings. The summed E-state index contributed by atoms with van der Waals surface area (Å²) in [6, 6.07) is 19.9. The summed E-state index contributed by atoms with van der Waals surface area (Å²) in [4.78, 5) is 26.4. The van der Waals surface area contributed by atoms with Crippen molar-refractivity contribution in [2.24, 2.45) is 0 Å². The van der Waals surface area contributed by atoms with E-state index in [1.54, 1.807) is 14.2 Å². The largest absolute Gasteiger partial charge is 0.497 e. The second-order valence-electron chi connectivity index (χ2n) is 10.4. The smallest absolute Gasteiger partial charge is 0.410 e. The van der Waals surface area contributed by atoms with Crippen molar-refractivity contribution in [3.05, 3.63) is 89.2 Å². The van der Waals surface area contributed by atoms with Gasteiger partial charge in [-0.3, -0.25) is 0 Å². The average Bonchev–Trinajstić information content (AvgIpc) is 3.25. The highest BCUT2D eigenvalue weighted by molar-refractivity contribution is 6.05. The van der Waals surface area contributed by atoms with Crippen LogP contribution in [0.5, 0.6) is 5.75 Å². The van der Waals surface area contributed by atoms with Crippen LogP contribution in [-0.4, -0.2) is 48.4 Å². The Morgan fingerprint density at radius 1 is 0.923 bits per heavy atom. The molecule has 0 bridgehead atoms. The Balaban J connectivity index is 1.73. The van der Waals surface area contributed by atoms with Crippen molar-refractivity contribution in [3.63, 3.8) is 0 Å². The summed E-state index contributed by atoms with van der Waals surface area (Å²) >= 11 is 0. The maximum atomic E-state index is 14.7. The molecule has 1 heterocycles. The summed E-state index contributed by atoms with van der Waals surface area (Å²) in [6.07, 6.45) is -0.399. The minimum atomic E-state index is -0.604. The molecule has 204 valence electrons. The van der Waals surface area contributed by atoms with Gasteiger partial charge in [-0.15, -0.1) is 0 Å². The van der Waals surface area contributed by atoms with Gasteiger partial charge in [0.25, 0.3) is 0 Å². The highest BCUT2D eigenvalue weighted by Gasteiger charge is 2.21. The third-order valence-corrected chi connectivity index (χ3v) is 6.27. The molecule has 7 nitrogen and oxygen atoms in total. The summed E-state index contributed by atoms with van der Waals surface area (Å²) in [5.41, 5.74) is 3.76. The summed E-state index contributed by atoms with van der Waals surface area (Å²) in [5.74, 6) is -0.389. The molecule has 0 radical (unpaired) electrons. The van der Waals surface area contributed by atoms with E-state index in [4.69, 9.17) is 14.2 Å². The van der Waals surface area contributed by atoms with Gasteiger partial charge in [-0.05, 0) is 67.8 Å². The van der Waals surface area contributed by atoms with Gasteiger partial charge in [0.15, 0.2) is 0 Å². The van der Waals surface area contributed by atoms with Gasteiger partial charge < -0.3 is 23.7 Å². The van der Waals surface area contributed by atoms with Gasteiger partial charge in [-0.1, -0.05) is 36.4 Å². The number of amides is 1. The maximum absolute atomic E-state index is 14.7. The van der Waals surface area contributed by atoms with E-state index in [1.807, 2.05) is 79.9 Å². The molecule has 0 fully saturated rings. The zero-order valence-electron chi connectivity index (χ0n) is 23.1. The first-order chi connectivity index (χ1) is 18.5. The van der Waals surface area contributed by atoms with Crippen LogP contribution in [0.2, 0.25) is 0 Å². The van der Waals surface area contributed by atoms with Gasteiger partial charge in [0.2, 0.25) is 0 Å². The molecule has 0 saturated heterocycles. The van der Waals surface area contributed by atoms with E-state index < -0.39 is 23.5 Å². The number of halogens is 1. The van der Waals surface area contributed by atoms with Crippen molar-refractivity contribution in [2.45, 2.75) is 39.5 Å². The highest BCUT2D eigenvalue weighted by atomic mass is 19.1. The van der Waals surface area contributed by atoms with Gasteiger partial charge in [-0.25, -0.2) is 14.0 Å². The fourth-order valence-corrected chi connectivity index (χ4v) is 4.38. The molecular formula is C31H33FN2O5. The molecule has 0 atom stereocenters. The lowest BCUT2D eigenvalue weighted by molar-refractivity contribution is 0.0285. The summed E-state index contributed by atoms with van der Waals surface area (Å²) in [6.45, 7) is 6.31. The van der Waals surface area contributed by atoms with Crippen LogP contribution in [0.4, 0.5) is 9.18 Å². The molecule has 0 unspecified atom stereocenters. The van der Waals surface area contributed by atoms with Crippen molar-refractivity contribution in [1.29, 1.82) is 0 Å². The van der Waals surface area contributed by atoms with Crippen molar-refractivity contribution >= 4 is 23.0 Å². The molecule has 8 heteroatoms. The Morgan fingerprint density at radius 2 is 1.56 bits per heavy atom. The van der Waals surface area contributed by atoms with Gasteiger partial charge >= 0.3 is 12.1 Å². The molecule has 0 N–H and O–H groups in total. The molecule has 0 saturated carbocycles. The number of methoxy groups -OCH3 is 2. The van der Waals surface area contributed by atoms with Crippen LogP contribution in [0.1, 0.15) is 42.3 Å². The Hall–Kier alpha value is -4.33. The quantitative estimate of drug-likeness (QED) is 0.249. The fourth-order valence-electron chi connectivity index (χ4n) is 4.38. The molecule has 0 aliphatic carbocycles. The van der Waals surface area contributed by atoms with Crippen LogP contribution in [-0.2, 0) is 22.6 Å². The first-order valence-corrected chi connectivity index (χ1v) is 12.6.